The molecule has 1 saturated carbocycles. The molecular formula is C12H20O3. The highest BCUT2D eigenvalue weighted by molar-refractivity contribution is 5.60. The van der Waals surface area contributed by atoms with E-state index in [2.05, 4.69) is 0 Å². The van der Waals surface area contributed by atoms with Gasteiger partial charge in [0.05, 0.1) is 18.1 Å². The van der Waals surface area contributed by atoms with Crippen molar-refractivity contribution in [3.63, 3.8) is 0 Å². The number of carbonyl (C=O) groups excluding carboxylic acids is 1. The van der Waals surface area contributed by atoms with Crippen molar-refractivity contribution in [1.29, 1.82) is 0 Å². The van der Waals surface area contributed by atoms with Crippen LogP contribution in [0.3, 0.4) is 0 Å². The predicted octanol–water partition coefficient (Wildman–Crippen LogP) is 1.80. The molecule has 0 aromatic rings. The minimum atomic E-state index is -0.197. The van der Waals surface area contributed by atoms with E-state index in [4.69, 9.17) is 9.47 Å². The van der Waals surface area contributed by atoms with E-state index in [1.165, 1.54) is 6.42 Å². The maximum absolute atomic E-state index is 11.3. The van der Waals surface area contributed by atoms with Gasteiger partial charge in [0, 0.05) is 13.7 Å². The van der Waals surface area contributed by atoms with Gasteiger partial charge in [-0.05, 0) is 31.6 Å². The Morgan fingerprint density at radius 3 is 2.93 bits per heavy atom. The third kappa shape index (κ3) is 2.08. The van der Waals surface area contributed by atoms with Crippen LogP contribution in [0.4, 0.5) is 0 Å². The molecule has 0 amide bonds. The van der Waals surface area contributed by atoms with Gasteiger partial charge in [-0.1, -0.05) is 6.42 Å². The SMILES string of the molecule is COC1CCCC(C2(C=O)CCOC2)C1. The second-order valence-electron chi connectivity index (χ2n) is 4.87. The van der Waals surface area contributed by atoms with E-state index >= 15 is 0 Å². The van der Waals surface area contributed by atoms with Gasteiger partial charge in [-0.25, -0.2) is 0 Å². The van der Waals surface area contributed by atoms with Crippen molar-refractivity contribution in [3.8, 4) is 0 Å². The van der Waals surface area contributed by atoms with Crippen LogP contribution in [0.25, 0.3) is 0 Å². The Morgan fingerprint density at radius 1 is 1.47 bits per heavy atom. The summed E-state index contributed by atoms with van der Waals surface area (Å²) in [6, 6.07) is 0. The van der Waals surface area contributed by atoms with Gasteiger partial charge in [-0.3, -0.25) is 0 Å². The number of carbonyl (C=O) groups is 1. The molecule has 3 unspecified atom stereocenters. The van der Waals surface area contributed by atoms with Crippen LogP contribution >= 0.6 is 0 Å². The summed E-state index contributed by atoms with van der Waals surface area (Å²) < 4.78 is 10.8. The molecule has 3 atom stereocenters. The Labute approximate surface area is 91.1 Å². The van der Waals surface area contributed by atoms with Gasteiger partial charge in [-0.15, -0.1) is 0 Å². The summed E-state index contributed by atoms with van der Waals surface area (Å²) >= 11 is 0. The molecule has 2 rings (SSSR count). The predicted molar refractivity (Wildman–Crippen MR) is 56.7 cm³/mol. The zero-order valence-electron chi connectivity index (χ0n) is 9.41. The fraction of sp³-hybridized carbons (Fsp3) is 0.917. The molecule has 1 aliphatic carbocycles. The lowest BCUT2D eigenvalue weighted by molar-refractivity contribution is -0.121. The summed E-state index contributed by atoms with van der Waals surface area (Å²) in [5, 5.41) is 0. The van der Waals surface area contributed by atoms with E-state index in [0.717, 1.165) is 38.6 Å². The first kappa shape index (κ1) is 11.1. The van der Waals surface area contributed by atoms with Crippen molar-refractivity contribution in [2.45, 2.75) is 38.2 Å². The average Bonchev–Trinajstić information content (AvgIpc) is 2.79. The zero-order chi connectivity index (χ0) is 10.7. The van der Waals surface area contributed by atoms with Gasteiger partial charge in [0.1, 0.15) is 6.29 Å². The summed E-state index contributed by atoms with van der Waals surface area (Å²) in [4.78, 5) is 11.3. The van der Waals surface area contributed by atoms with Crippen LogP contribution in [-0.4, -0.2) is 32.7 Å². The largest absolute Gasteiger partial charge is 0.381 e. The number of ether oxygens (including phenoxy) is 2. The van der Waals surface area contributed by atoms with E-state index in [9.17, 15) is 4.79 Å². The first-order chi connectivity index (χ1) is 7.30. The minimum absolute atomic E-state index is 0.197. The third-order valence-electron chi connectivity index (χ3n) is 4.09. The lowest BCUT2D eigenvalue weighted by atomic mass is 9.68. The van der Waals surface area contributed by atoms with Crippen LogP contribution in [0.2, 0.25) is 0 Å². The summed E-state index contributed by atoms with van der Waals surface area (Å²) in [7, 11) is 1.77. The van der Waals surface area contributed by atoms with Crippen LogP contribution < -0.4 is 0 Å². The molecule has 0 N–H and O–H groups in total. The molecule has 15 heavy (non-hydrogen) atoms. The summed E-state index contributed by atoms with van der Waals surface area (Å²) in [6.45, 7) is 1.37. The zero-order valence-corrected chi connectivity index (χ0v) is 9.41. The standard InChI is InChI=1S/C12H20O3/c1-14-11-4-2-3-10(7-11)12(8-13)5-6-15-9-12/h8,10-11H,2-7,9H2,1H3. The van der Waals surface area contributed by atoms with Gasteiger partial charge in [0.2, 0.25) is 0 Å². The van der Waals surface area contributed by atoms with Crippen LogP contribution in [0.15, 0.2) is 0 Å². The normalized spacial score (nSPS) is 41.7. The monoisotopic (exact) mass is 212 g/mol. The Morgan fingerprint density at radius 2 is 2.33 bits per heavy atom. The molecule has 0 bridgehead atoms. The molecule has 86 valence electrons. The first-order valence-corrected chi connectivity index (χ1v) is 5.87. The van der Waals surface area contributed by atoms with E-state index < -0.39 is 0 Å². The third-order valence-corrected chi connectivity index (χ3v) is 4.09. The lowest BCUT2D eigenvalue weighted by Crippen LogP contribution is -2.37. The van der Waals surface area contributed by atoms with Gasteiger partial charge in [0.15, 0.2) is 0 Å². The van der Waals surface area contributed by atoms with Crippen molar-refractivity contribution in [2.24, 2.45) is 11.3 Å². The number of aldehydes is 1. The second-order valence-corrected chi connectivity index (χ2v) is 4.87. The molecule has 3 nitrogen and oxygen atoms in total. The molecule has 0 aromatic heterocycles. The summed E-state index contributed by atoms with van der Waals surface area (Å²) in [5.41, 5.74) is -0.197. The first-order valence-electron chi connectivity index (χ1n) is 5.87. The van der Waals surface area contributed by atoms with Crippen LogP contribution in [-0.2, 0) is 14.3 Å². The van der Waals surface area contributed by atoms with E-state index in [0.29, 0.717) is 18.6 Å². The molecule has 3 heteroatoms. The van der Waals surface area contributed by atoms with Gasteiger partial charge < -0.3 is 14.3 Å². The highest BCUT2D eigenvalue weighted by atomic mass is 16.5. The van der Waals surface area contributed by atoms with Gasteiger partial charge in [0.25, 0.3) is 0 Å². The highest BCUT2D eigenvalue weighted by Gasteiger charge is 2.44. The number of hydrogen-bond acceptors (Lipinski definition) is 3. The Bertz CT molecular complexity index is 221. The van der Waals surface area contributed by atoms with Crippen molar-refractivity contribution in [2.75, 3.05) is 20.3 Å². The Hall–Kier alpha value is -0.410. The lowest BCUT2D eigenvalue weighted by Gasteiger charge is -2.37. The second kappa shape index (κ2) is 4.62. The topological polar surface area (TPSA) is 35.5 Å². The Kier molecular flexibility index (Phi) is 3.42. The van der Waals surface area contributed by atoms with E-state index in [-0.39, 0.29) is 5.41 Å². The van der Waals surface area contributed by atoms with Crippen molar-refractivity contribution in [3.05, 3.63) is 0 Å². The summed E-state index contributed by atoms with van der Waals surface area (Å²) in [6.07, 6.45) is 6.89. The van der Waals surface area contributed by atoms with Crippen molar-refractivity contribution >= 4 is 6.29 Å². The maximum atomic E-state index is 11.3. The van der Waals surface area contributed by atoms with E-state index in [1.54, 1.807) is 7.11 Å². The fourth-order valence-corrected chi connectivity index (χ4v) is 2.99. The van der Waals surface area contributed by atoms with Crippen LogP contribution in [0.5, 0.6) is 0 Å². The maximum Gasteiger partial charge on any atom is 0.128 e. The van der Waals surface area contributed by atoms with Crippen LogP contribution in [0.1, 0.15) is 32.1 Å². The van der Waals surface area contributed by atoms with Gasteiger partial charge >= 0.3 is 0 Å². The smallest absolute Gasteiger partial charge is 0.128 e. The van der Waals surface area contributed by atoms with Crippen molar-refractivity contribution in [1.82, 2.24) is 0 Å². The number of rotatable bonds is 3. The molecule has 0 aromatic carbocycles. The molecule has 2 aliphatic rings. The minimum Gasteiger partial charge on any atom is -0.381 e. The van der Waals surface area contributed by atoms with Crippen LogP contribution in [0, 0.1) is 11.3 Å². The molecular weight excluding hydrogens is 192 g/mol. The number of hydrogen-bond donors (Lipinski definition) is 0. The quantitative estimate of drug-likeness (QED) is 0.669. The van der Waals surface area contributed by atoms with Gasteiger partial charge in [-0.2, -0.15) is 0 Å². The molecule has 1 saturated heterocycles. The molecule has 1 heterocycles. The summed E-state index contributed by atoms with van der Waals surface area (Å²) in [5.74, 6) is 0.469. The van der Waals surface area contributed by atoms with Crippen molar-refractivity contribution < 1.29 is 14.3 Å². The molecule has 1 aliphatic heterocycles. The number of methoxy groups -OCH3 is 1. The van der Waals surface area contributed by atoms with E-state index in [1.807, 2.05) is 0 Å². The average molecular weight is 212 g/mol. The fourth-order valence-electron chi connectivity index (χ4n) is 2.99. The molecule has 0 spiro atoms. The highest BCUT2D eigenvalue weighted by Crippen LogP contribution is 2.43. The Balaban J connectivity index is 2.04. The molecule has 2 fully saturated rings. The molecule has 0 radical (unpaired) electrons.